The summed E-state index contributed by atoms with van der Waals surface area (Å²) >= 11 is 0. The number of carboxylic acid groups (broad SMARTS) is 2. The molecule has 0 saturated heterocycles. The van der Waals surface area contributed by atoms with Crippen LogP contribution in [0.25, 0.3) is 0 Å². The van der Waals surface area contributed by atoms with E-state index in [4.69, 9.17) is 15.6 Å². The average Bonchev–Trinajstić information content (AvgIpc) is 3.69. The second-order valence-electron chi connectivity index (χ2n) is 15.9. The number of carboxylic acids is 2. The summed E-state index contributed by atoms with van der Waals surface area (Å²) in [7, 11) is 0. The molecule has 1 aliphatic carbocycles. The number of hydrogen-bond donors (Lipinski definition) is 12. The van der Waals surface area contributed by atoms with Crippen LogP contribution in [0.2, 0.25) is 0 Å². The second kappa shape index (κ2) is 25.0. The molecule has 364 valence electrons. The molecule has 0 fully saturated rings. The number of phenolic OH excluding ortho intramolecular Hbond substituents is 1. The van der Waals surface area contributed by atoms with Crippen molar-refractivity contribution in [2.24, 2.45) is 5.73 Å². The van der Waals surface area contributed by atoms with E-state index < -0.39 is 128 Å². The number of alkyl carbamates (subject to hydrolysis) is 1. The van der Waals surface area contributed by atoms with E-state index in [0.717, 1.165) is 0 Å². The third kappa shape index (κ3) is 16.1. The van der Waals surface area contributed by atoms with Gasteiger partial charge in [-0.2, -0.15) is 0 Å². The van der Waals surface area contributed by atoms with Gasteiger partial charge in [-0.3, -0.25) is 43.2 Å². The van der Waals surface area contributed by atoms with Gasteiger partial charge in [0.2, 0.25) is 41.4 Å². The molecular formula is C45H54N8O15. The number of amides is 8. The summed E-state index contributed by atoms with van der Waals surface area (Å²) in [6.45, 7) is -0.552. The zero-order valence-electron chi connectivity index (χ0n) is 36.8. The van der Waals surface area contributed by atoms with Gasteiger partial charge < -0.3 is 68.1 Å². The number of aromatic hydroxyl groups is 1. The van der Waals surface area contributed by atoms with Crippen LogP contribution in [0.15, 0.2) is 78.9 Å². The van der Waals surface area contributed by atoms with E-state index in [-0.39, 0.29) is 38.0 Å². The lowest BCUT2D eigenvalue weighted by atomic mass is 9.92. The zero-order valence-corrected chi connectivity index (χ0v) is 36.8. The minimum atomic E-state index is -1.89. The van der Waals surface area contributed by atoms with Crippen LogP contribution in [-0.2, 0) is 73.8 Å². The molecule has 0 aliphatic heterocycles. The number of fused-ring (bicyclic) bond motifs is 1. The van der Waals surface area contributed by atoms with Gasteiger partial charge in [0, 0.05) is 32.1 Å². The maximum atomic E-state index is 14.5. The minimum Gasteiger partial charge on any atom is -0.508 e. The van der Waals surface area contributed by atoms with Crippen molar-refractivity contribution in [1.29, 1.82) is 0 Å². The summed E-state index contributed by atoms with van der Waals surface area (Å²) in [5.74, 6) is -9.65. The molecule has 13 N–H and O–H groups in total. The van der Waals surface area contributed by atoms with Gasteiger partial charge in [0.25, 0.3) is 0 Å². The highest BCUT2D eigenvalue weighted by Gasteiger charge is 2.47. The zero-order chi connectivity index (χ0) is 50.0. The van der Waals surface area contributed by atoms with Crippen LogP contribution in [0.3, 0.4) is 0 Å². The van der Waals surface area contributed by atoms with Gasteiger partial charge in [-0.25, -0.2) is 4.79 Å². The van der Waals surface area contributed by atoms with E-state index in [0.29, 0.717) is 22.3 Å². The molecule has 0 aromatic heterocycles. The molecule has 0 unspecified atom stereocenters. The van der Waals surface area contributed by atoms with Crippen molar-refractivity contribution >= 4 is 59.4 Å². The molecule has 0 saturated carbocycles. The largest absolute Gasteiger partial charge is 0.508 e. The molecule has 1 aliphatic rings. The predicted molar refractivity (Wildman–Crippen MR) is 237 cm³/mol. The van der Waals surface area contributed by atoms with Gasteiger partial charge in [0.1, 0.15) is 48.1 Å². The number of aliphatic hydroxyl groups excluding tert-OH is 1. The Kier molecular flexibility index (Phi) is 19.3. The van der Waals surface area contributed by atoms with E-state index in [2.05, 4.69) is 37.2 Å². The summed E-state index contributed by atoms with van der Waals surface area (Å²) < 4.78 is 5.09. The van der Waals surface area contributed by atoms with Crippen LogP contribution >= 0.6 is 0 Å². The molecule has 0 bridgehead atoms. The first-order valence-corrected chi connectivity index (χ1v) is 21.3. The molecule has 8 amide bonds. The van der Waals surface area contributed by atoms with Crippen LogP contribution in [0, 0.1) is 0 Å². The van der Waals surface area contributed by atoms with Crippen LogP contribution in [0.5, 0.6) is 5.75 Å². The first-order chi connectivity index (χ1) is 32.3. The van der Waals surface area contributed by atoms with Gasteiger partial charge >= 0.3 is 18.0 Å². The van der Waals surface area contributed by atoms with Gasteiger partial charge in [0.15, 0.2) is 0 Å². The number of aliphatic hydroxyl groups is 1. The number of nitrogens with one attached hydrogen (secondary N) is 7. The predicted octanol–water partition coefficient (Wildman–Crippen LogP) is -1.83. The van der Waals surface area contributed by atoms with Crippen molar-refractivity contribution in [1.82, 2.24) is 37.2 Å². The van der Waals surface area contributed by atoms with Crippen molar-refractivity contribution < 1.29 is 73.1 Å². The number of nitrogens with two attached hydrogens (primary N) is 1. The minimum absolute atomic E-state index is 0.0724. The van der Waals surface area contributed by atoms with Crippen molar-refractivity contribution in [3.8, 4) is 5.75 Å². The standard InChI is InChI=1S/C45H54N8O15/c1-25(48-44(67)68-24-27-7-3-2-4-8-27)39(62)47-22-35(56)49-32(16-18-37(59)60)40(63)51-34(23-54)42(65)53-45(20-28-9-5-6-10-29(28)21-45)43(66)52-33(19-26-11-13-30(55)14-12-26)41(64)50-31(38(46)61)15-17-36(57)58/h2-14,25,31-34,54-55H,15-24H2,1H3,(H2,46,61)(H,47,62)(H,48,67)(H,49,56)(H,50,64)(H,51,63)(H,52,66)(H,53,65)(H,57,58)(H,59,60)/t25-,31-,32-,33-,34-/m0/s1. The van der Waals surface area contributed by atoms with E-state index in [9.17, 15) is 63.3 Å². The number of benzene rings is 3. The average molecular weight is 947 g/mol. The summed E-state index contributed by atoms with van der Waals surface area (Å²) in [4.78, 5) is 129. The maximum absolute atomic E-state index is 14.5. The lowest BCUT2D eigenvalue weighted by Crippen LogP contribution is -2.66. The molecule has 0 spiro atoms. The topological polar surface area (TPSA) is 371 Å². The molecule has 0 radical (unpaired) electrons. The van der Waals surface area contributed by atoms with Crippen LogP contribution in [0.4, 0.5) is 4.79 Å². The van der Waals surface area contributed by atoms with E-state index in [1.807, 2.05) is 0 Å². The first-order valence-electron chi connectivity index (χ1n) is 21.3. The van der Waals surface area contributed by atoms with E-state index in [1.54, 1.807) is 54.6 Å². The molecule has 23 nitrogen and oxygen atoms in total. The number of aliphatic carboxylic acids is 2. The van der Waals surface area contributed by atoms with Crippen molar-refractivity contribution in [2.45, 2.75) is 94.2 Å². The normalized spacial score (nSPS) is 14.4. The molecule has 3 aromatic rings. The number of hydrogen-bond acceptors (Lipinski definition) is 13. The third-order valence-corrected chi connectivity index (χ3v) is 10.7. The quantitative estimate of drug-likeness (QED) is 0.0444. The fourth-order valence-electron chi connectivity index (χ4n) is 7.02. The maximum Gasteiger partial charge on any atom is 0.408 e. The van der Waals surface area contributed by atoms with Gasteiger partial charge in [-0.1, -0.05) is 66.7 Å². The van der Waals surface area contributed by atoms with Crippen LogP contribution in [-0.4, -0.2) is 129 Å². The molecule has 3 aromatic carbocycles. The number of ether oxygens (including phenoxy) is 1. The third-order valence-electron chi connectivity index (χ3n) is 10.7. The molecule has 4 rings (SSSR count). The van der Waals surface area contributed by atoms with Crippen LogP contribution < -0.4 is 43.0 Å². The van der Waals surface area contributed by atoms with Crippen LogP contribution in [0.1, 0.15) is 54.9 Å². The number of rotatable bonds is 25. The van der Waals surface area contributed by atoms with Crippen molar-refractivity contribution in [2.75, 3.05) is 13.2 Å². The Labute approximate surface area is 388 Å². The highest BCUT2D eigenvalue weighted by atomic mass is 16.5. The number of carbonyl (C=O) groups excluding carboxylic acids is 8. The lowest BCUT2D eigenvalue weighted by Gasteiger charge is -2.33. The fourth-order valence-corrected chi connectivity index (χ4v) is 7.02. The van der Waals surface area contributed by atoms with Gasteiger partial charge in [-0.15, -0.1) is 0 Å². The Hall–Kier alpha value is -8.08. The monoisotopic (exact) mass is 946 g/mol. The van der Waals surface area contributed by atoms with Gasteiger partial charge in [-0.05, 0) is 54.2 Å². The van der Waals surface area contributed by atoms with Crippen molar-refractivity contribution in [3.63, 3.8) is 0 Å². The Morgan fingerprint density at radius 1 is 0.647 bits per heavy atom. The Morgan fingerprint density at radius 3 is 1.78 bits per heavy atom. The summed E-state index contributed by atoms with van der Waals surface area (Å²) in [5.41, 5.74) is 5.91. The lowest BCUT2D eigenvalue weighted by molar-refractivity contribution is -0.139. The summed E-state index contributed by atoms with van der Waals surface area (Å²) in [6.07, 6.45) is -3.52. The molecule has 5 atom stereocenters. The highest BCUT2D eigenvalue weighted by Crippen LogP contribution is 2.31. The van der Waals surface area contributed by atoms with E-state index >= 15 is 0 Å². The Bertz CT molecular complexity index is 2300. The molecule has 68 heavy (non-hydrogen) atoms. The van der Waals surface area contributed by atoms with Crippen molar-refractivity contribution in [3.05, 3.63) is 101 Å². The highest BCUT2D eigenvalue weighted by molar-refractivity contribution is 5.99. The fraction of sp³-hybridized carbons (Fsp3) is 0.378. The number of primary amides is 1. The molecular weight excluding hydrogens is 893 g/mol. The SMILES string of the molecule is C[C@H](NC(=O)OCc1ccccc1)C(=O)NCC(=O)N[C@@H](CCC(=O)O)C(=O)N[C@@H](CO)C(=O)NC1(C(=O)N[C@@H](Cc2ccc(O)cc2)C(=O)N[C@@H](CCC(=O)O)C(N)=O)Cc2ccccc2C1. The molecule has 23 heteroatoms. The first kappa shape index (κ1) is 52.5. The number of phenols is 1. The Morgan fingerprint density at radius 2 is 1.21 bits per heavy atom. The second-order valence-corrected chi connectivity index (χ2v) is 15.9. The summed E-state index contributed by atoms with van der Waals surface area (Å²) in [6, 6.07) is 13.5. The smallest absolute Gasteiger partial charge is 0.408 e. The summed E-state index contributed by atoms with van der Waals surface area (Å²) in [5, 5.41) is 55.4. The van der Waals surface area contributed by atoms with Gasteiger partial charge in [0.05, 0.1) is 13.2 Å². The molecule has 0 heterocycles. The Balaban J connectivity index is 1.48. The number of carbonyl (C=O) groups is 10. The van der Waals surface area contributed by atoms with E-state index in [1.165, 1.54) is 31.2 Å².